The van der Waals surface area contributed by atoms with Gasteiger partial charge in [-0.05, 0) is 146 Å². The van der Waals surface area contributed by atoms with Crippen LogP contribution >= 0.6 is 11.3 Å². The summed E-state index contributed by atoms with van der Waals surface area (Å²) in [4.78, 5) is 0. The number of fused-ring (bicyclic) bond motifs is 9. The fourth-order valence-electron chi connectivity index (χ4n) is 10.9. The van der Waals surface area contributed by atoms with Gasteiger partial charge in [0.05, 0.1) is 5.52 Å². The molecule has 0 fully saturated rings. The van der Waals surface area contributed by atoms with E-state index in [-0.39, 0.29) is 5.92 Å². The summed E-state index contributed by atoms with van der Waals surface area (Å²) in [7, 11) is 0. The van der Waals surface area contributed by atoms with Crippen molar-refractivity contribution in [2.24, 2.45) is 0 Å². The molecule has 324 valence electrons. The number of thiophene rings is 1. The standard InChI is InChI=1S/C66H43NOS/c1-2-20-54(21-3-1)67-61-30-26-50(46-16-8-12-42(34-46)44-14-10-18-48(36-44)52-28-32-64-59(40-52)55-22-4-6-24-63(55)68-64)38-57(61)58-39-51(27-31-62(58)67)47-17-9-13-43(35-47)45-15-11-19-49(37-45)53-29-33-66-60(41-53)56-23-5-7-25-65(56)69-66/h1-25,27-41,50H,26H2. The maximum atomic E-state index is 6.15. The molecule has 0 bridgehead atoms. The molecule has 13 aromatic rings. The Balaban J connectivity index is 0.820. The van der Waals surface area contributed by atoms with Gasteiger partial charge in [-0.1, -0.05) is 164 Å². The highest BCUT2D eigenvalue weighted by Gasteiger charge is 2.19. The fraction of sp³-hybridized carbons (Fsp3) is 0.0303. The minimum absolute atomic E-state index is 0.227. The van der Waals surface area contributed by atoms with Gasteiger partial charge in [0.2, 0.25) is 0 Å². The molecule has 69 heavy (non-hydrogen) atoms. The van der Waals surface area contributed by atoms with Crippen molar-refractivity contribution in [3.63, 3.8) is 0 Å². The number of nitrogens with zero attached hydrogens (tertiary/aromatic N) is 1. The third-order valence-electron chi connectivity index (χ3n) is 14.3. The van der Waals surface area contributed by atoms with Crippen LogP contribution < -0.4 is 10.6 Å². The summed E-state index contributed by atoms with van der Waals surface area (Å²) in [6, 6.07) is 84.5. The second kappa shape index (κ2) is 16.1. The Kier molecular flexibility index (Phi) is 9.24. The molecule has 3 heteroatoms. The van der Waals surface area contributed by atoms with Crippen LogP contribution in [0.5, 0.6) is 0 Å². The Labute approximate surface area is 403 Å². The molecule has 1 aliphatic carbocycles. The highest BCUT2D eigenvalue weighted by Crippen LogP contribution is 2.39. The lowest BCUT2D eigenvalue weighted by Crippen LogP contribution is -2.31. The van der Waals surface area contributed by atoms with Gasteiger partial charge in [0, 0.05) is 58.5 Å². The third kappa shape index (κ3) is 6.85. The SMILES string of the molecule is C1=c2c(n(-c3ccccc3)c3ccc(-c4cccc(-c5cccc(-c6ccc7sc8ccccc8c7c6)c5)c4)cc23)=CCC1c1cccc(-c2cccc(-c3ccc4oc5ccccc5c4c3)c2)c1. The van der Waals surface area contributed by atoms with Crippen molar-refractivity contribution in [3.8, 4) is 61.3 Å². The molecule has 3 aromatic heterocycles. The average molecular weight is 898 g/mol. The maximum Gasteiger partial charge on any atom is 0.135 e. The molecule has 1 unspecified atom stereocenters. The number of furan rings is 1. The first-order valence-corrected chi connectivity index (χ1v) is 24.6. The van der Waals surface area contributed by atoms with Crippen molar-refractivity contribution in [1.29, 1.82) is 0 Å². The summed E-state index contributed by atoms with van der Waals surface area (Å²) < 4.78 is 11.3. The summed E-state index contributed by atoms with van der Waals surface area (Å²) in [5.74, 6) is 0.227. The Morgan fingerprint density at radius 3 is 1.61 bits per heavy atom. The zero-order valence-electron chi connectivity index (χ0n) is 37.6. The van der Waals surface area contributed by atoms with Crippen LogP contribution in [0.25, 0.3) is 126 Å². The molecule has 1 aliphatic rings. The smallest absolute Gasteiger partial charge is 0.135 e. The van der Waals surface area contributed by atoms with Crippen LogP contribution in [0.4, 0.5) is 0 Å². The lowest BCUT2D eigenvalue weighted by atomic mass is 9.89. The van der Waals surface area contributed by atoms with Gasteiger partial charge < -0.3 is 8.98 Å². The van der Waals surface area contributed by atoms with Gasteiger partial charge in [-0.2, -0.15) is 0 Å². The highest BCUT2D eigenvalue weighted by atomic mass is 32.1. The molecule has 1 atom stereocenters. The van der Waals surface area contributed by atoms with Crippen LogP contribution in [-0.4, -0.2) is 4.57 Å². The summed E-state index contributed by atoms with van der Waals surface area (Å²) in [5, 5.41) is 8.76. The molecule has 0 spiro atoms. The monoisotopic (exact) mass is 897 g/mol. The quantitative estimate of drug-likeness (QED) is 0.156. The van der Waals surface area contributed by atoms with Crippen LogP contribution in [-0.2, 0) is 0 Å². The second-order valence-corrected chi connectivity index (χ2v) is 19.5. The van der Waals surface area contributed by atoms with E-state index in [1.165, 1.54) is 109 Å². The predicted molar refractivity (Wildman–Crippen MR) is 293 cm³/mol. The Bertz CT molecular complexity index is 4300. The van der Waals surface area contributed by atoms with Gasteiger partial charge in [-0.15, -0.1) is 11.3 Å². The number of aromatic nitrogens is 1. The van der Waals surface area contributed by atoms with E-state index in [9.17, 15) is 0 Å². The maximum absolute atomic E-state index is 6.15. The molecule has 0 saturated carbocycles. The molecule has 0 aliphatic heterocycles. The molecule has 0 radical (unpaired) electrons. The number of hydrogen-bond acceptors (Lipinski definition) is 2. The van der Waals surface area contributed by atoms with E-state index in [0.29, 0.717) is 0 Å². The van der Waals surface area contributed by atoms with E-state index in [2.05, 4.69) is 235 Å². The minimum Gasteiger partial charge on any atom is -0.456 e. The number of hydrogen-bond donors (Lipinski definition) is 0. The molecule has 3 heterocycles. The summed E-state index contributed by atoms with van der Waals surface area (Å²) in [6.45, 7) is 0. The molecule has 0 saturated heterocycles. The van der Waals surface area contributed by atoms with Crippen LogP contribution in [0, 0.1) is 0 Å². The molecule has 10 aromatic carbocycles. The molecule has 0 N–H and O–H groups in total. The number of para-hydroxylation sites is 2. The summed E-state index contributed by atoms with van der Waals surface area (Å²) >= 11 is 1.86. The van der Waals surface area contributed by atoms with Gasteiger partial charge in [0.15, 0.2) is 0 Å². The van der Waals surface area contributed by atoms with Gasteiger partial charge in [-0.3, -0.25) is 0 Å². The summed E-state index contributed by atoms with van der Waals surface area (Å²) in [5.41, 5.74) is 17.7. The van der Waals surface area contributed by atoms with E-state index in [1.54, 1.807) is 0 Å². The van der Waals surface area contributed by atoms with Crippen LogP contribution in [0.2, 0.25) is 0 Å². The van der Waals surface area contributed by atoms with Gasteiger partial charge in [0.1, 0.15) is 11.2 Å². The van der Waals surface area contributed by atoms with Crippen molar-refractivity contribution in [1.82, 2.24) is 4.57 Å². The number of rotatable bonds is 7. The average Bonchev–Trinajstić information content (AvgIpc) is 4.10. The minimum atomic E-state index is 0.227. The van der Waals surface area contributed by atoms with Crippen molar-refractivity contribution >= 4 is 76.5 Å². The van der Waals surface area contributed by atoms with Crippen LogP contribution in [0.3, 0.4) is 0 Å². The molecular formula is C66H43NOS. The highest BCUT2D eigenvalue weighted by molar-refractivity contribution is 7.25. The Morgan fingerprint density at radius 1 is 0.377 bits per heavy atom. The van der Waals surface area contributed by atoms with Gasteiger partial charge in [-0.25, -0.2) is 0 Å². The first kappa shape index (κ1) is 39.6. The third-order valence-corrected chi connectivity index (χ3v) is 15.5. The number of benzene rings is 10. The zero-order chi connectivity index (χ0) is 45.4. The first-order chi connectivity index (χ1) is 34.1. The Morgan fingerprint density at radius 2 is 0.899 bits per heavy atom. The fourth-order valence-corrected chi connectivity index (χ4v) is 12.0. The Hall–Kier alpha value is -8.50. The van der Waals surface area contributed by atoms with Gasteiger partial charge in [0.25, 0.3) is 0 Å². The molecular weight excluding hydrogens is 855 g/mol. The van der Waals surface area contributed by atoms with Crippen molar-refractivity contribution in [2.45, 2.75) is 12.3 Å². The van der Waals surface area contributed by atoms with E-state index < -0.39 is 0 Å². The lowest BCUT2D eigenvalue weighted by Gasteiger charge is -2.16. The van der Waals surface area contributed by atoms with Crippen LogP contribution in [0.1, 0.15) is 17.9 Å². The second-order valence-electron chi connectivity index (χ2n) is 18.4. The predicted octanol–water partition coefficient (Wildman–Crippen LogP) is 17.0. The lowest BCUT2D eigenvalue weighted by molar-refractivity contribution is 0.669. The van der Waals surface area contributed by atoms with Crippen LogP contribution in [0.15, 0.2) is 235 Å². The van der Waals surface area contributed by atoms with Crippen molar-refractivity contribution in [2.75, 3.05) is 0 Å². The molecule has 2 nitrogen and oxygen atoms in total. The molecule has 0 amide bonds. The van der Waals surface area contributed by atoms with Crippen molar-refractivity contribution < 1.29 is 4.42 Å². The van der Waals surface area contributed by atoms with E-state index >= 15 is 0 Å². The molecule has 14 rings (SSSR count). The van der Waals surface area contributed by atoms with Gasteiger partial charge >= 0.3 is 0 Å². The van der Waals surface area contributed by atoms with Crippen molar-refractivity contribution in [3.05, 3.63) is 247 Å². The van der Waals surface area contributed by atoms with E-state index in [4.69, 9.17) is 4.42 Å². The largest absolute Gasteiger partial charge is 0.456 e. The van der Waals surface area contributed by atoms with E-state index in [0.717, 1.165) is 28.4 Å². The van der Waals surface area contributed by atoms with E-state index in [1.807, 2.05) is 23.5 Å². The summed E-state index contributed by atoms with van der Waals surface area (Å²) in [6.07, 6.45) is 5.91. The zero-order valence-corrected chi connectivity index (χ0v) is 38.5. The normalized spacial score (nSPS) is 13.5. The first-order valence-electron chi connectivity index (χ1n) is 23.8. The topological polar surface area (TPSA) is 18.1 Å².